The molecule has 0 unspecified atom stereocenters. The van der Waals surface area contributed by atoms with Crippen molar-refractivity contribution in [2.24, 2.45) is 7.05 Å². The first kappa shape index (κ1) is 23.7. The van der Waals surface area contributed by atoms with Crippen molar-refractivity contribution in [3.8, 4) is 11.5 Å². The van der Waals surface area contributed by atoms with Crippen LogP contribution in [-0.2, 0) is 13.6 Å². The Hall–Kier alpha value is -4.01. The fraction of sp³-hybridized carbons (Fsp3) is 0.370. The predicted octanol–water partition coefficient (Wildman–Crippen LogP) is 3.35. The quantitative estimate of drug-likeness (QED) is 0.437. The number of oxazole rings is 1. The molecule has 1 saturated heterocycles. The second-order valence-corrected chi connectivity index (χ2v) is 9.48. The number of carbonyl (C=O) groups excluding carboxylic acids is 1. The molecule has 9 nitrogen and oxygen atoms in total. The number of rotatable bonds is 4. The highest BCUT2D eigenvalue weighted by atomic mass is 16.4. The van der Waals surface area contributed by atoms with Gasteiger partial charge in [-0.1, -0.05) is 17.7 Å². The summed E-state index contributed by atoms with van der Waals surface area (Å²) in [4.78, 5) is 51.3. The van der Waals surface area contributed by atoms with E-state index >= 15 is 0 Å². The van der Waals surface area contributed by atoms with Gasteiger partial charge in [0.25, 0.3) is 11.5 Å². The Morgan fingerprint density at radius 2 is 1.69 bits per heavy atom. The van der Waals surface area contributed by atoms with Gasteiger partial charge in [-0.2, -0.15) is 0 Å². The summed E-state index contributed by atoms with van der Waals surface area (Å²) in [7, 11) is 1.57. The molecule has 1 amide bonds. The lowest BCUT2D eigenvalue weighted by Crippen LogP contribution is -2.42. The highest BCUT2D eigenvalue weighted by molar-refractivity contribution is 6.05. The van der Waals surface area contributed by atoms with Crippen molar-refractivity contribution in [3.63, 3.8) is 0 Å². The molecule has 0 N–H and O–H groups in total. The average Bonchev–Trinajstić information content (AvgIpc) is 3.25. The van der Waals surface area contributed by atoms with Crippen LogP contribution in [0.4, 0.5) is 0 Å². The van der Waals surface area contributed by atoms with Gasteiger partial charge in [0.15, 0.2) is 0 Å². The van der Waals surface area contributed by atoms with Crippen LogP contribution in [0.25, 0.3) is 22.5 Å². The lowest BCUT2D eigenvalue weighted by molar-refractivity contribution is 0.0726. The van der Waals surface area contributed by atoms with E-state index in [1.165, 1.54) is 4.57 Å². The molecule has 0 radical (unpaired) electrons. The maximum absolute atomic E-state index is 13.7. The third-order valence-electron chi connectivity index (χ3n) is 6.80. The summed E-state index contributed by atoms with van der Waals surface area (Å²) in [6.45, 7) is 6.75. The first-order valence-corrected chi connectivity index (χ1v) is 12.2. The van der Waals surface area contributed by atoms with Crippen LogP contribution in [0.1, 0.15) is 52.3 Å². The van der Waals surface area contributed by atoms with E-state index in [0.29, 0.717) is 36.1 Å². The van der Waals surface area contributed by atoms with Gasteiger partial charge in [-0.25, -0.2) is 14.8 Å². The minimum Gasteiger partial charge on any atom is -0.441 e. The monoisotopic (exact) mass is 487 g/mol. The Bertz CT molecular complexity index is 1590. The molecule has 0 saturated carbocycles. The van der Waals surface area contributed by atoms with Crippen LogP contribution in [0.3, 0.4) is 0 Å². The third-order valence-corrected chi connectivity index (χ3v) is 6.80. The Labute approximate surface area is 208 Å². The molecule has 0 spiro atoms. The summed E-state index contributed by atoms with van der Waals surface area (Å²) in [5.41, 5.74) is 2.39. The van der Waals surface area contributed by atoms with Crippen LogP contribution in [0.15, 0.2) is 44.3 Å². The largest absolute Gasteiger partial charge is 0.441 e. The van der Waals surface area contributed by atoms with E-state index in [9.17, 15) is 14.4 Å². The van der Waals surface area contributed by atoms with Crippen LogP contribution in [0.2, 0.25) is 0 Å². The van der Waals surface area contributed by atoms with E-state index in [4.69, 9.17) is 4.42 Å². The van der Waals surface area contributed by atoms with Crippen LogP contribution in [0, 0.1) is 20.8 Å². The lowest BCUT2D eigenvalue weighted by Gasteiger charge is -2.27. The van der Waals surface area contributed by atoms with Crippen molar-refractivity contribution in [2.45, 2.75) is 46.6 Å². The number of piperidine rings is 1. The Morgan fingerprint density at radius 3 is 2.39 bits per heavy atom. The van der Waals surface area contributed by atoms with Crippen molar-refractivity contribution in [1.82, 2.24) is 24.0 Å². The summed E-state index contributed by atoms with van der Waals surface area (Å²) in [5, 5.41) is 0.151. The van der Waals surface area contributed by atoms with Crippen molar-refractivity contribution in [1.29, 1.82) is 0 Å². The Kier molecular flexibility index (Phi) is 6.07. The molecule has 1 aromatic carbocycles. The van der Waals surface area contributed by atoms with Crippen molar-refractivity contribution in [2.75, 3.05) is 13.1 Å². The molecular formula is C27H29N5O4. The Morgan fingerprint density at radius 1 is 1.00 bits per heavy atom. The van der Waals surface area contributed by atoms with E-state index in [2.05, 4.69) is 9.97 Å². The maximum Gasteiger partial charge on any atom is 0.332 e. The number of hydrogen-bond acceptors (Lipinski definition) is 6. The van der Waals surface area contributed by atoms with E-state index in [1.54, 1.807) is 31.9 Å². The number of aryl methyl sites for hydroxylation is 4. The molecule has 0 bridgehead atoms. The molecule has 0 atom stereocenters. The molecule has 1 aliphatic heterocycles. The van der Waals surface area contributed by atoms with E-state index in [1.807, 2.05) is 31.2 Å². The number of likely N-dealkylation sites (tertiary alicyclic amines) is 1. The molecule has 9 heteroatoms. The average molecular weight is 488 g/mol. The highest BCUT2D eigenvalue weighted by Gasteiger charge is 2.25. The number of pyridine rings is 1. The minimum absolute atomic E-state index is 0.0755. The number of carbonyl (C=O) groups is 1. The standard InChI is InChI=1S/C27H29N5O4/c1-16-8-10-19(11-9-16)24-29-21(18(3)36-24)15-32-26(34)22-20(25(33)31-12-6-5-7-13-31)14-17(2)28-23(22)30(4)27(32)35/h8-11,14H,5-7,12-13,15H2,1-4H3. The molecule has 4 heterocycles. The minimum atomic E-state index is -0.555. The summed E-state index contributed by atoms with van der Waals surface area (Å²) in [6.07, 6.45) is 2.96. The SMILES string of the molecule is Cc1ccc(-c2nc(Cn3c(=O)c4c(C(=O)N5CCCCC5)cc(C)nc4n(C)c3=O)c(C)o2)cc1. The third kappa shape index (κ3) is 4.14. The topological polar surface area (TPSA) is 103 Å². The molecule has 5 rings (SSSR count). The molecule has 1 aliphatic rings. The van der Waals surface area contributed by atoms with Gasteiger partial charge in [-0.15, -0.1) is 0 Å². The lowest BCUT2D eigenvalue weighted by atomic mass is 10.1. The smallest absolute Gasteiger partial charge is 0.332 e. The van der Waals surface area contributed by atoms with E-state index in [0.717, 1.165) is 35.0 Å². The second-order valence-electron chi connectivity index (χ2n) is 9.48. The van der Waals surface area contributed by atoms with Gasteiger partial charge >= 0.3 is 5.69 Å². The summed E-state index contributed by atoms with van der Waals surface area (Å²) in [6, 6.07) is 9.41. The number of hydrogen-bond donors (Lipinski definition) is 0. The zero-order valence-corrected chi connectivity index (χ0v) is 21.0. The Balaban J connectivity index is 1.63. The molecule has 1 fully saturated rings. The van der Waals surface area contributed by atoms with E-state index < -0.39 is 11.2 Å². The van der Waals surface area contributed by atoms with Gasteiger partial charge in [0.2, 0.25) is 5.89 Å². The summed E-state index contributed by atoms with van der Waals surface area (Å²) in [5.74, 6) is 0.740. The van der Waals surface area contributed by atoms with Gasteiger partial charge in [0, 0.05) is 31.4 Å². The first-order chi connectivity index (χ1) is 17.2. The fourth-order valence-electron chi connectivity index (χ4n) is 4.72. The molecular weight excluding hydrogens is 458 g/mol. The molecule has 0 aliphatic carbocycles. The van der Waals surface area contributed by atoms with Gasteiger partial charge in [-0.3, -0.25) is 18.7 Å². The number of benzene rings is 1. The van der Waals surface area contributed by atoms with Crippen LogP contribution < -0.4 is 11.2 Å². The normalized spacial score (nSPS) is 13.9. The van der Waals surface area contributed by atoms with Gasteiger partial charge in [-0.05, 0) is 58.2 Å². The molecule has 36 heavy (non-hydrogen) atoms. The van der Waals surface area contributed by atoms with Crippen LogP contribution in [0.5, 0.6) is 0 Å². The van der Waals surface area contributed by atoms with Crippen LogP contribution in [-0.4, -0.2) is 43.0 Å². The summed E-state index contributed by atoms with van der Waals surface area (Å²) < 4.78 is 8.29. The van der Waals surface area contributed by atoms with Gasteiger partial charge in [0.1, 0.15) is 17.1 Å². The van der Waals surface area contributed by atoms with E-state index in [-0.39, 0.29) is 29.0 Å². The van der Waals surface area contributed by atoms with Crippen molar-refractivity contribution in [3.05, 3.63) is 79.4 Å². The molecule has 186 valence electrons. The van der Waals surface area contributed by atoms with Crippen LogP contribution >= 0.6 is 0 Å². The van der Waals surface area contributed by atoms with Gasteiger partial charge < -0.3 is 9.32 Å². The van der Waals surface area contributed by atoms with Crippen molar-refractivity contribution < 1.29 is 9.21 Å². The fourth-order valence-corrected chi connectivity index (χ4v) is 4.72. The number of fused-ring (bicyclic) bond motifs is 1. The number of amides is 1. The number of nitrogens with zero attached hydrogens (tertiary/aromatic N) is 5. The molecule has 3 aromatic heterocycles. The summed E-state index contributed by atoms with van der Waals surface area (Å²) >= 11 is 0. The van der Waals surface area contributed by atoms with Crippen molar-refractivity contribution >= 4 is 16.9 Å². The predicted molar refractivity (Wildman–Crippen MR) is 136 cm³/mol. The first-order valence-electron chi connectivity index (χ1n) is 12.2. The molecule has 4 aromatic rings. The number of aromatic nitrogens is 4. The maximum atomic E-state index is 13.7. The zero-order valence-electron chi connectivity index (χ0n) is 21.0. The zero-order chi connectivity index (χ0) is 25.6. The highest BCUT2D eigenvalue weighted by Crippen LogP contribution is 2.23. The second kappa shape index (κ2) is 9.22. The van der Waals surface area contributed by atoms with Gasteiger partial charge in [0.05, 0.1) is 17.5 Å².